The molecule has 0 bridgehead atoms. The van der Waals surface area contributed by atoms with Crippen LogP contribution in [0.5, 0.6) is 0 Å². The van der Waals surface area contributed by atoms with Crippen molar-refractivity contribution in [3.63, 3.8) is 0 Å². The molecule has 21 heavy (non-hydrogen) atoms. The van der Waals surface area contributed by atoms with E-state index in [2.05, 4.69) is 9.97 Å². The molecule has 0 fully saturated rings. The van der Waals surface area contributed by atoms with Crippen molar-refractivity contribution in [1.29, 1.82) is 0 Å². The summed E-state index contributed by atoms with van der Waals surface area (Å²) < 4.78 is 0. The minimum atomic E-state index is 0.128. The molecule has 2 heterocycles. The number of hydrogen-bond donors (Lipinski definition) is 0. The third-order valence-electron chi connectivity index (χ3n) is 3.19. The molecule has 4 nitrogen and oxygen atoms in total. The fourth-order valence-corrected chi connectivity index (χ4v) is 3.24. The number of nitrogens with zero attached hydrogens (tertiary/aromatic N) is 3. The normalized spacial score (nSPS) is 11.1. The van der Waals surface area contributed by atoms with Crippen molar-refractivity contribution in [1.82, 2.24) is 14.9 Å². The number of aromatic nitrogens is 2. The van der Waals surface area contributed by atoms with E-state index in [-0.39, 0.29) is 18.0 Å². The standard InChI is InChI=1S/C16H21N3OS/c1-11(2)19(12(3)4)15(20)8-14-10-21-16(18-14)13-6-5-7-17-9-13/h5-7,9-12H,8H2,1-4H3. The van der Waals surface area contributed by atoms with E-state index in [9.17, 15) is 4.79 Å². The average Bonchev–Trinajstić information content (AvgIpc) is 2.87. The molecule has 2 rings (SSSR count). The van der Waals surface area contributed by atoms with Gasteiger partial charge < -0.3 is 4.90 Å². The molecule has 0 aliphatic rings. The topological polar surface area (TPSA) is 46.1 Å². The first-order valence-electron chi connectivity index (χ1n) is 7.15. The number of carbonyl (C=O) groups is 1. The third-order valence-corrected chi connectivity index (χ3v) is 4.13. The van der Waals surface area contributed by atoms with Crippen LogP contribution >= 0.6 is 11.3 Å². The maximum Gasteiger partial charge on any atom is 0.229 e. The molecule has 0 saturated heterocycles. The fraction of sp³-hybridized carbons (Fsp3) is 0.438. The van der Waals surface area contributed by atoms with Gasteiger partial charge in [0.05, 0.1) is 12.1 Å². The molecule has 0 atom stereocenters. The Morgan fingerprint density at radius 2 is 2.00 bits per heavy atom. The van der Waals surface area contributed by atoms with Crippen LogP contribution in [-0.2, 0) is 11.2 Å². The summed E-state index contributed by atoms with van der Waals surface area (Å²) in [6.07, 6.45) is 3.89. The monoisotopic (exact) mass is 303 g/mol. The summed E-state index contributed by atoms with van der Waals surface area (Å²) in [4.78, 5) is 23.0. The van der Waals surface area contributed by atoms with E-state index in [0.29, 0.717) is 6.42 Å². The molecule has 112 valence electrons. The van der Waals surface area contributed by atoms with Gasteiger partial charge in [-0.1, -0.05) is 0 Å². The van der Waals surface area contributed by atoms with Crippen molar-refractivity contribution in [3.8, 4) is 10.6 Å². The minimum absolute atomic E-state index is 0.128. The van der Waals surface area contributed by atoms with Gasteiger partial charge in [-0.25, -0.2) is 4.98 Å². The van der Waals surface area contributed by atoms with E-state index < -0.39 is 0 Å². The lowest BCUT2D eigenvalue weighted by atomic mass is 10.2. The molecule has 0 N–H and O–H groups in total. The highest BCUT2D eigenvalue weighted by molar-refractivity contribution is 7.13. The predicted molar refractivity (Wildman–Crippen MR) is 86.2 cm³/mol. The van der Waals surface area contributed by atoms with Crippen molar-refractivity contribution in [2.75, 3.05) is 0 Å². The summed E-state index contributed by atoms with van der Waals surface area (Å²) in [5, 5.41) is 2.87. The van der Waals surface area contributed by atoms with Gasteiger partial charge >= 0.3 is 0 Å². The maximum absolute atomic E-state index is 12.4. The van der Waals surface area contributed by atoms with Crippen LogP contribution in [0.2, 0.25) is 0 Å². The van der Waals surface area contributed by atoms with Gasteiger partial charge in [-0.2, -0.15) is 0 Å². The Balaban J connectivity index is 2.11. The number of amides is 1. The van der Waals surface area contributed by atoms with E-state index >= 15 is 0 Å². The number of hydrogen-bond acceptors (Lipinski definition) is 4. The van der Waals surface area contributed by atoms with Gasteiger partial charge in [0.2, 0.25) is 5.91 Å². The zero-order valence-corrected chi connectivity index (χ0v) is 13.7. The first kappa shape index (κ1) is 15.6. The smallest absolute Gasteiger partial charge is 0.229 e. The molecule has 1 amide bonds. The second kappa shape index (κ2) is 6.80. The molecule has 0 aliphatic heterocycles. The lowest BCUT2D eigenvalue weighted by Crippen LogP contribution is -2.42. The third kappa shape index (κ3) is 3.88. The van der Waals surface area contributed by atoms with Crippen molar-refractivity contribution in [2.45, 2.75) is 46.2 Å². The summed E-state index contributed by atoms with van der Waals surface area (Å²) >= 11 is 1.55. The Hall–Kier alpha value is -1.75. The molecule has 0 spiro atoms. The quantitative estimate of drug-likeness (QED) is 0.850. The van der Waals surface area contributed by atoms with Gasteiger partial charge in [0.15, 0.2) is 0 Å². The van der Waals surface area contributed by atoms with Crippen LogP contribution in [0.15, 0.2) is 29.9 Å². The van der Waals surface area contributed by atoms with Crippen LogP contribution in [0.1, 0.15) is 33.4 Å². The van der Waals surface area contributed by atoms with Gasteiger partial charge in [-0.15, -0.1) is 11.3 Å². The molecule has 0 saturated carbocycles. The van der Waals surface area contributed by atoms with Crippen LogP contribution in [0, 0.1) is 0 Å². The molecule has 2 aromatic heterocycles. The van der Waals surface area contributed by atoms with Crippen LogP contribution in [0.4, 0.5) is 0 Å². The van der Waals surface area contributed by atoms with E-state index in [1.165, 1.54) is 0 Å². The maximum atomic E-state index is 12.4. The molecule has 2 aromatic rings. The SMILES string of the molecule is CC(C)N(C(=O)Cc1csc(-c2cccnc2)n1)C(C)C. The van der Waals surface area contributed by atoms with Crippen LogP contribution in [0.25, 0.3) is 10.6 Å². The molecular weight excluding hydrogens is 282 g/mol. The van der Waals surface area contributed by atoms with Crippen LogP contribution in [-0.4, -0.2) is 32.9 Å². The molecular formula is C16H21N3OS. The Morgan fingerprint density at radius 1 is 1.29 bits per heavy atom. The lowest BCUT2D eigenvalue weighted by Gasteiger charge is -2.30. The van der Waals surface area contributed by atoms with E-state index in [1.54, 1.807) is 23.7 Å². The lowest BCUT2D eigenvalue weighted by molar-refractivity contribution is -0.134. The van der Waals surface area contributed by atoms with E-state index in [4.69, 9.17) is 0 Å². The van der Waals surface area contributed by atoms with Gasteiger partial charge in [0.1, 0.15) is 5.01 Å². The van der Waals surface area contributed by atoms with Crippen molar-refractivity contribution in [2.24, 2.45) is 0 Å². The summed E-state index contributed by atoms with van der Waals surface area (Å²) in [6.45, 7) is 8.17. The van der Waals surface area contributed by atoms with Gasteiger partial charge in [0.25, 0.3) is 0 Å². The summed E-state index contributed by atoms with van der Waals surface area (Å²) in [5.41, 5.74) is 1.82. The van der Waals surface area contributed by atoms with Crippen LogP contribution < -0.4 is 0 Å². The van der Waals surface area contributed by atoms with E-state index in [0.717, 1.165) is 16.3 Å². The van der Waals surface area contributed by atoms with Gasteiger partial charge in [0, 0.05) is 35.4 Å². The Kier molecular flexibility index (Phi) is 5.07. The molecule has 0 radical (unpaired) electrons. The largest absolute Gasteiger partial charge is 0.338 e. The first-order chi connectivity index (χ1) is 9.99. The number of thiazole rings is 1. The summed E-state index contributed by atoms with van der Waals surface area (Å²) in [7, 11) is 0. The van der Waals surface area contributed by atoms with Crippen molar-refractivity contribution < 1.29 is 4.79 Å². The number of pyridine rings is 1. The van der Waals surface area contributed by atoms with Crippen LogP contribution in [0.3, 0.4) is 0 Å². The van der Waals surface area contributed by atoms with E-state index in [1.807, 2.05) is 50.1 Å². The van der Waals surface area contributed by atoms with Crippen molar-refractivity contribution >= 4 is 17.2 Å². The number of rotatable bonds is 5. The number of carbonyl (C=O) groups excluding carboxylic acids is 1. The second-order valence-corrected chi connectivity index (χ2v) is 6.41. The highest BCUT2D eigenvalue weighted by Gasteiger charge is 2.21. The van der Waals surface area contributed by atoms with Gasteiger partial charge in [-0.05, 0) is 39.8 Å². The van der Waals surface area contributed by atoms with Crippen molar-refractivity contribution in [3.05, 3.63) is 35.6 Å². The Labute approximate surface area is 129 Å². The highest BCUT2D eigenvalue weighted by atomic mass is 32.1. The second-order valence-electron chi connectivity index (χ2n) is 5.55. The molecule has 5 heteroatoms. The summed E-state index contributed by atoms with van der Waals surface area (Å²) in [6, 6.07) is 4.27. The molecule has 0 unspecified atom stereocenters. The average molecular weight is 303 g/mol. The predicted octanol–water partition coefficient (Wildman–Crippen LogP) is 3.39. The Morgan fingerprint density at radius 3 is 2.57 bits per heavy atom. The highest BCUT2D eigenvalue weighted by Crippen LogP contribution is 2.23. The Bertz CT molecular complexity index is 585. The zero-order valence-electron chi connectivity index (χ0n) is 12.9. The minimum Gasteiger partial charge on any atom is -0.338 e. The molecule has 0 aliphatic carbocycles. The first-order valence-corrected chi connectivity index (χ1v) is 8.03. The fourth-order valence-electron chi connectivity index (χ4n) is 2.43. The summed E-state index contributed by atoms with van der Waals surface area (Å²) in [5.74, 6) is 0.128. The molecule has 0 aromatic carbocycles. The van der Waals surface area contributed by atoms with Gasteiger partial charge in [-0.3, -0.25) is 9.78 Å². The zero-order chi connectivity index (χ0) is 15.4.